The first kappa shape index (κ1) is 14.5. The summed E-state index contributed by atoms with van der Waals surface area (Å²) >= 11 is 0. The number of carbonyl (C=O) groups is 1. The highest BCUT2D eigenvalue weighted by Gasteiger charge is 2.10. The van der Waals surface area contributed by atoms with Crippen molar-refractivity contribution < 1.29 is 14.6 Å². The fourth-order valence-corrected chi connectivity index (χ4v) is 1.46. The van der Waals surface area contributed by atoms with E-state index in [4.69, 9.17) is 10.5 Å². The minimum atomic E-state index is -1.16. The summed E-state index contributed by atoms with van der Waals surface area (Å²) in [4.78, 5) is 10.7. The van der Waals surface area contributed by atoms with Crippen LogP contribution in [0, 0.1) is 0 Å². The van der Waals surface area contributed by atoms with Crippen molar-refractivity contribution in [1.82, 2.24) is 5.32 Å². The molecule has 0 fully saturated rings. The molecule has 1 unspecified atom stereocenters. The van der Waals surface area contributed by atoms with Crippen molar-refractivity contribution in [2.24, 2.45) is 5.73 Å². The normalized spacial score (nSPS) is 12.4. The summed E-state index contributed by atoms with van der Waals surface area (Å²) in [6.45, 7) is 4.56. The smallest absolute Gasteiger partial charge is 0.247 e. The summed E-state index contributed by atoms with van der Waals surface area (Å²) in [5.74, 6) is 0.0720. The van der Waals surface area contributed by atoms with Crippen molar-refractivity contribution >= 4 is 5.91 Å². The molecule has 4 N–H and O–H groups in total. The Balaban J connectivity index is 2.53. The molecule has 0 aliphatic heterocycles. The maximum Gasteiger partial charge on any atom is 0.247 e. The van der Waals surface area contributed by atoms with Crippen LogP contribution in [0.1, 0.15) is 19.4 Å². The SMILES string of the molecule is CC(C)Oc1ccccc1CNCC(O)C(N)=O. The van der Waals surface area contributed by atoms with Crippen molar-refractivity contribution in [2.75, 3.05) is 6.54 Å². The van der Waals surface area contributed by atoms with Crippen molar-refractivity contribution in [3.05, 3.63) is 29.8 Å². The van der Waals surface area contributed by atoms with Crippen molar-refractivity contribution in [2.45, 2.75) is 32.6 Å². The van der Waals surface area contributed by atoms with Crippen LogP contribution < -0.4 is 15.8 Å². The van der Waals surface area contributed by atoms with Crippen molar-refractivity contribution in [3.8, 4) is 5.75 Å². The second-order valence-electron chi connectivity index (χ2n) is 4.32. The summed E-state index contributed by atoms with van der Waals surface area (Å²) in [5.41, 5.74) is 5.93. The van der Waals surface area contributed by atoms with Gasteiger partial charge in [0.15, 0.2) is 0 Å². The van der Waals surface area contributed by atoms with Gasteiger partial charge in [0.25, 0.3) is 0 Å². The number of carbonyl (C=O) groups excluding carboxylic acids is 1. The quantitative estimate of drug-likeness (QED) is 0.656. The van der Waals surface area contributed by atoms with Gasteiger partial charge in [-0.25, -0.2) is 0 Å². The maximum absolute atomic E-state index is 10.7. The second-order valence-corrected chi connectivity index (χ2v) is 4.32. The van der Waals surface area contributed by atoms with Crippen molar-refractivity contribution in [3.63, 3.8) is 0 Å². The van der Waals surface area contributed by atoms with E-state index in [0.717, 1.165) is 11.3 Å². The Morgan fingerprint density at radius 1 is 1.44 bits per heavy atom. The van der Waals surface area contributed by atoms with E-state index >= 15 is 0 Å². The molecule has 0 saturated heterocycles. The van der Waals surface area contributed by atoms with Crippen LogP contribution in [0.2, 0.25) is 0 Å². The van der Waals surface area contributed by atoms with Crippen LogP contribution in [0.15, 0.2) is 24.3 Å². The molecule has 5 nitrogen and oxygen atoms in total. The van der Waals surface area contributed by atoms with Crippen LogP contribution in [0.4, 0.5) is 0 Å². The zero-order valence-electron chi connectivity index (χ0n) is 10.7. The Kier molecular flexibility index (Phi) is 5.61. The lowest BCUT2D eigenvalue weighted by Crippen LogP contribution is -2.37. The van der Waals surface area contributed by atoms with E-state index in [-0.39, 0.29) is 12.6 Å². The molecule has 0 aromatic heterocycles. The summed E-state index contributed by atoms with van der Waals surface area (Å²) < 4.78 is 5.66. The summed E-state index contributed by atoms with van der Waals surface area (Å²) in [7, 11) is 0. The van der Waals surface area contributed by atoms with E-state index in [0.29, 0.717) is 6.54 Å². The van der Waals surface area contributed by atoms with Gasteiger partial charge in [-0.1, -0.05) is 18.2 Å². The van der Waals surface area contributed by atoms with Gasteiger partial charge in [0, 0.05) is 18.7 Å². The average molecular weight is 252 g/mol. The molecule has 0 heterocycles. The molecule has 0 saturated carbocycles. The van der Waals surface area contributed by atoms with Gasteiger partial charge >= 0.3 is 0 Å². The molecular weight excluding hydrogens is 232 g/mol. The molecule has 0 spiro atoms. The summed E-state index contributed by atoms with van der Waals surface area (Å²) in [6.07, 6.45) is -1.06. The summed E-state index contributed by atoms with van der Waals surface area (Å²) in [5, 5.41) is 12.2. The molecule has 0 radical (unpaired) electrons. The lowest BCUT2D eigenvalue weighted by atomic mass is 10.2. The highest BCUT2D eigenvalue weighted by molar-refractivity contribution is 5.78. The maximum atomic E-state index is 10.7. The van der Waals surface area contributed by atoms with Crippen LogP contribution in [0.3, 0.4) is 0 Å². The van der Waals surface area contributed by atoms with Gasteiger partial charge in [-0.3, -0.25) is 4.79 Å². The average Bonchev–Trinajstić information content (AvgIpc) is 2.30. The molecule has 0 aliphatic carbocycles. The minimum Gasteiger partial charge on any atom is -0.491 e. The number of amides is 1. The van der Waals surface area contributed by atoms with E-state index in [1.807, 2.05) is 38.1 Å². The number of aliphatic hydroxyl groups is 1. The molecule has 100 valence electrons. The third-order valence-corrected chi connectivity index (χ3v) is 2.32. The van der Waals surface area contributed by atoms with Gasteiger partial charge in [-0.15, -0.1) is 0 Å². The molecule has 0 aliphatic rings. The standard InChI is InChI=1S/C13H20N2O3/c1-9(2)18-12-6-4-3-5-10(12)7-15-8-11(16)13(14)17/h3-6,9,11,15-16H,7-8H2,1-2H3,(H2,14,17). The zero-order chi connectivity index (χ0) is 13.5. The predicted octanol–water partition coefficient (Wildman–Crippen LogP) is 0.410. The molecule has 1 aromatic carbocycles. The Labute approximate surface area is 107 Å². The Morgan fingerprint density at radius 2 is 2.11 bits per heavy atom. The van der Waals surface area contributed by atoms with Crippen LogP contribution in [-0.2, 0) is 11.3 Å². The second kappa shape index (κ2) is 6.98. The van der Waals surface area contributed by atoms with Crippen LogP contribution >= 0.6 is 0 Å². The lowest BCUT2D eigenvalue weighted by Gasteiger charge is -2.15. The van der Waals surface area contributed by atoms with Crippen LogP contribution in [0.25, 0.3) is 0 Å². The first-order valence-corrected chi connectivity index (χ1v) is 5.93. The molecule has 1 atom stereocenters. The van der Waals surface area contributed by atoms with E-state index in [9.17, 15) is 9.90 Å². The van der Waals surface area contributed by atoms with E-state index in [1.165, 1.54) is 0 Å². The van der Waals surface area contributed by atoms with Gasteiger partial charge in [0.1, 0.15) is 11.9 Å². The fraction of sp³-hybridized carbons (Fsp3) is 0.462. The third-order valence-electron chi connectivity index (χ3n) is 2.32. The van der Waals surface area contributed by atoms with E-state index < -0.39 is 12.0 Å². The monoisotopic (exact) mass is 252 g/mol. The first-order valence-electron chi connectivity index (χ1n) is 5.93. The largest absolute Gasteiger partial charge is 0.491 e. The van der Waals surface area contributed by atoms with E-state index in [1.54, 1.807) is 0 Å². The van der Waals surface area contributed by atoms with Gasteiger partial charge in [-0.2, -0.15) is 0 Å². The lowest BCUT2D eigenvalue weighted by molar-refractivity contribution is -0.125. The van der Waals surface area contributed by atoms with Gasteiger partial charge < -0.3 is 20.9 Å². The molecule has 1 aromatic rings. The van der Waals surface area contributed by atoms with Gasteiger partial charge in [0.05, 0.1) is 6.10 Å². The molecule has 1 rings (SSSR count). The number of nitrogens with two attached hydrogens (primary N) is 1. The highest BCUT2D eigenvalue weighted by atomic mass is 16.5. The zero-order valence-corrected chi connectivity index (χ0v) is 10.7. The van der Waals surface area contributed by atoms with Crippen molar-refractivity contribution in [1.29, 1.82) is 0 Å². The number of benzene rings is 1. The first-order chi connectivity index (χ1) is 8.50. The molecule has 0 bridgehead atoms. The molecule has 18 heavy (non-hydrogen) atoms. The Hall–Kier alpha value is -1.59. The highest BCUT2D eigenvalue weighted by Crippen LogP contribution is 2.18. The molecule has 5 heteroatoms. The van der Waals surface area contributed by atoms with Crippen LogP contribution in [-0.4, -0.2) is 29.8 Å². The van der Waals surface area contributed by atoms with Gasteiger partial charge in [-0.05, 0) is 19.9 Å². The van der Waals surface area contributed by atoms with E-state index in [2.05, 4.69) is 5.32 Å². The number of rotatable bonds is 7. The number of primary amides is 1. The molecule has 1 amide bonds. The number of para-hydroxylation sites is 1. The van der Waals surface area contributed by atoms with Crippen LogP contribution in [0.5, 0.6) is 5.75 Å². The Bertz CT molecular complexity index is 394. The predicted molar refractivity (Wildman–Crippen MR) is 69.1 cm³/mol. The fourth-order valence-electron chi connectivity index (χ4n) is 1.46. The number of aliphatic hydroxyl groups excluding tert-OH is 1. The minimum absolute atomic E-state index is 0.0994. The topological polar surface area (TPSA) is 84.6 Å². The third kappa shape index (κ3) is 4.73. The summed E-state index contributed by atoms with van der Waals surface area (Å²) in [6, 6.07) is 7.64. The Morgan fingerprint density at radius 3 is 2.72 bits per heavy atom. The number of hydrogen-bond acceptors (Lipinski definition) is 4. The number of ether oxygens (including phenoxy) is 1. The number of nitrogens with one attached hydrogen (secondary N) is 1. The molecular formula is C13H20N2O3. The number of hydrogen-bond donors (Lipinski definition) is 3. The van der Waals surface area contributed by atoms with Gasteiger partial charge in [0.2, 0.25) is 5.91 Å².